The number of ether oxygens (including phenoxy) is 1. The van der Waals surface area contributed by atoms with E-state index in [1.165, 1.54) is 24.9 Å². The Labute approximate surface area is 117 Å². The van der Waals surface area contributed by atoms with Crippen LogP contribution in [0.5, 0.6) is 5.75 Å². The van der Waals surface area contributed by atoms with Gasteiger partial charge in [-0.1, -0.05) is 32.9 Å². The molecule has 2 rings (SSSR count). The molecule has 19 heavy (non-hydrogen) atoms. The third-order valence-electron chi connectivity index (χ3n) is 3.91. The molecule has 1 atom stereocenters. The molecule has 0 bridgehead atoms. The molecule has 1 fully saturated rings. The first kappa shape index (κ1) is 14.4. The third-order valence-corrected chi connectivity index (χ3v) is 3.91. The van der Waals surface area contributed by atoms with Gasteiger partial charge >= 0.3 is 0 Å². The Morgan fingerprint density at radius 1 is 1.21 bits per heavy atom. The van der Waals surface area contributed by atoms with Crippen LogP contribution in [0, 0.1) is 5.92 Å². The average molecular weight is 261 g/mol. The van der Waals surface area contributed by atoms with Gasteiger partial charge in [0.15, 0.2) is 0 Å². The smallest absolute Gasteiger partial charge is 0.119 e. The van der Waals surface area contributed by atoms with Crippen LogP contribution in [0.3, 0.4) is 0 Å². The molecule has 0 saturated carbocycles. The second kappa shape index (κ2) is 6.42. The normalized spacial score (nSPS) is 20.3. The molecule has 0 aromatic heterocycles. The minimum Gasteiger partial charge on any atom is -0.494 e. The zero-order valence-corrected chi connectivity index (χ0v) is 12.5. The molecule has 1 N–H and O–H groups in total. The first-order chi connectivity index (χ1) is 9.05. The fourth-order valence-electron chi connectivity index (χ4n) is 2.56. The molecular formula is C17H27NO. The van der Waals surface area contributed by atoms with E-state index in [1.54, 1.807) is 0 Å². The Morgan fingerprint density at radius 3 is 2.53 bits per heavy atom. The summed E-state index contributed by atoms with van der Waals surface area (Å²) in [6.45, 7) is 9.88. The second-order valence-electron chi connectivity index (χ2n) is 6.62. The summed E-state index contributed by atoms with van der Waals surface area (Å²) in [5, 5.41) is 3.45. The van der Waals surface area contributed by atoms with Gasteiger partial charge in [-0.3, -0.25) is 0 Å². The Morgan fingerprint density at radius 2 is 1.95 bits per heavy atom. The summed E-state index contributed by atoms with van der Waals surface area (Å²) in [5.41, 5.74) is 1.57. The molecule has 1 aromatic rings. The lowest BCUT2D eigenvalue weighted by Gasteiger charge is -2.22. The minimum atomic E-state index is 0.215. The summed E-state index contributed by atoms with van der Waals surface area (Å²) in [6.07, 6.45) is 3.82. The van der Waals surface area contributed by atoms with Gasteiger partial charge in [-0.15, -0.1) is 0 Å². The van der Waals surface area contributed by atoms with Crippen molar-refractivity contribution in [1.82, 2.24) is 5.32 Å². The highest BCUT2D eigenvalue weighted by atomic mass is 16.5. The van der Waals surface area contributed by atoms with Crippen molar-refractivity contribution in [3.8, 4) is 5.75 Å². The van der Waals surface area contributed by atoms with E-state index in [0.717, 1.165) is 31.2 Å². The van der Waals surface area contributed by atoms with Gasteiger partial charge in [0.05, 0.1) is 6.61 Å². The van der Waals surface area contributed by atoms with Gasteiger partial charge in [0.2, 0.25) is 0 Å². The van der Waals surface area contributed by atoms with E-state index in [0.29, 0.717) is 0 Å². The van der Waals surface area contributed by atoms with Gasteiger partial charge in [0, 0.05) is 0 Å². The Kier molecular flexibility index (Phi) is 4.87. The van der Waals surface area contributed by atoms with Crippen molar-refractivity contribution in [2.24, 2.45) is 5.92 Å². The van der Waals surface area contributed by atoms with Gasteiger partial charge in [0.25, 0.3) is 0 Å². The molecule has 0 aliphatic carbocycles. The average Bonchev–Trinajstić information content (AvgIpc) is 2.39. The Hall–Kier alpha value is -1.02. The maximum absolute atomic E-state index is 5.85. The van der Waals surface area contributed by atoms with E-state index in [9.17, 15) is 0 Å². The molecule has 1 aliphatic heterocycles. The lowest BCUT2D eigenvalue weighted by molar-refractivity contribution is 0.254. The first-order valence-corrected chi connectivity index (χ1v) is 7.50. The van der Waals surface area contributed by atoms with Crippen molar-refractivity contribution in [2.75, 3.05) is 19.7 Å². The number of hydrogen-bond acceptors (Lipinski definition) is 2. The minimum absolute atomic E-state index is 0.215. The van der Waals surface area contributed by atoms with Gasteiger partial charge in [0.1, 0.15) is 5.75 Å². The quantitative estimate of drug-likeness (QED) is 0.891. The lowest BCUT2D eigenvalue weighted by Crippen LogP contribution is -2.30. The van der Waals surface area contributed by atoms with Crippen molar-refractivity contribution in [3.05, 3.63) is 29.8 Å². The van der Waals surface area contributed by atoms with Crippen molar-refractivity contribution in [2.45, 2.75) is 45.4 Å². The molecule has 106 valence electrons. The highest BCUT2D eigenvalue weighted by Crippen LogP contribution is 2.24. The van der Waals surface area contributed by atoms with Crippen molar-refractivity contribution in [3.63, 3.8) is 0 Å². The SMILES string of the molecule is CC(C)(C)c1ccc(OCC[C@@H]2CCCNC2)cc1. The maximum Gasteiger partial charge on any atom is 0.119 e. The summed E-state index contributed by atoms with van der Waals surface area (Å²) in [5.74, 6) is 1.79. The predicted octanol–water partition coefficient (Wildman–Crippen LogP) is 3.75. The number of rotatable bonds is 4. The van der Waals surface area contributed by atoms with Crippen molar-refractivity contribution in [1.29, 1.82) is 0 Å². The van der Waals surface area contributed by atoms with E-state index < -0.39 is 0 Å². The van der Waals surface area contributed by atoms with Gasteiger partial charge in [-0.2, -0.15) is 0 Å². The van der Waals surface area contributed by atoms with Crippen LogP contribution >= 0.6 is 0 Å². The molecular weight excluding hydrogens is 234 g/mol. The lowest BCUT2D eigenvalue weighted by atomic mass is 9.87. The molecule has 1 aromatic carbocycles. The fraction of sp³-hybridized carbons (Fsp3) is 0.647. The van der Waals surface area contributed by atoms with Crippen LogP contribution in [0.25, 0.3) is 0 Å². The van der Waals surface area contributed by atoms with Crippen LogP contribution in [-0.4, -0.2) is 19.7 Å². The van der Waals surface area contributed by atoms with E-state index in [2.05, 4.69) is 50.4 Å². The Bertz CT molecular complexity index is 371. The zero-order valence-electron chi connectivity index (χ0n) is 12.5. The molecule has 1 heterocycles. The third kappa shape index (κ3) is 4.54. The van der Waals surface area contributed by atoms with Crippen molar-refractivity contribution >= 4 is 0 Å². The molecule has 2 nitrogen and oxygen atoms in total. The van der Waals surface area contributed by atoms with E-state index >= 15 is 0 Å². The maximum atomic E-state index is 5.85. The molecule has 0 amide bonds. The molecule has 0 spiro atoms. The van der Waals surface area contributed by atoms with Crippen LogP contribution in [0.2, 0.25) is 0 Å². The standard InChI is InChI=1S/C17H27NO/c1-17(2,3)15-6-8-16(9-7-15)19-12-10-14-5-4-11-18-13-14/h6-9,14,18H,4-5,10-13H2,1-3H3/t14-/m0/s1. The fourth-order valence-corrected chi connectivity index (χ4v) is 2.56. The molecule has 0 unspecified atom stereocenters. The molecule has 1 saturated heterocycles. The topological polar surface area (TPSA) is 21.3 Å². The summed E-state index contributed by atoms with van der Waals surface area (Å²) < 4.78 is 5.85. The number of hydrogen-bond donors (Lipinski definition) is 1. The Balaban J connectivity index is 1.76. The highest BCUT2D eigenvalue weighted by molar-refractivity contribution is 5.31. The van der Waals surface area contributed by atoms with Crippen LogP contribution in [-0.2, 0) is 5.41 Å². The van der Waals surface area contributed by atoms with E-state index in [-0.39, 0.29) is 5.41 Å². The van der Waals surface area contributed by atoms with E-state index in [4.69, 9.17) is 4.74 Å². The van der Waals surface area contributed by atoms with Crippen LogP contribution in [0.4, 0.5) is 0 Å². The van der Waals surface area contributed by atoms with Crippen LogP contribution < -0.4 is 10.1 Å². The van der Waals surface area contributed by atoms with Gasteiger partial charge in [-0.05, 0) is 61.4 Å². The monoisotopic (exact) mass is 261 g/mol. The zero-order chi connectivity index (χ0) is 13.7. The van der Waals surface area contributed by atoms with Gasteiger partial charge in [-0.25, -0.2) is 0 Å². The number of benzene rings is 1. The number of nitrogens with one attached hydrogen (secondary N) is 1. The number of piperidine rings is 1. The molecule has 1 aliphatic rings. The second-order valence-corrected chi connectivity index (χ2v) is 6.62. The van der Waals surface area contributed by atoms with Crippen molar-refractivity contribution < 1.29 is 4.74 Å². The van der Waals surface area contributed by atoms with Crippen LogP contribution in [0.15, 0.2) is 24.3 Å². The summed E-state index contributed by atoms with van der Waals surface area (Å²) in [7, 11) is 0. The first-order valence-electron chi connectivity index (χ1n) is 7.50. The van der Waals surface area contributed by atoms with E-state index in [1.807, 2.05) is 0 Å². The predicted molar refractivity (Wildman–Crippen MR) is 80.8 cm³/mol. The summed E-state index contributed by atoms with van der Waals surface area (Å²) >= 11 is 0. The van der Waals surface area contributed by atoms with Crippen LogP contribution in [0.1, 0.15) is 45.6 Å². The largest absolute Gasteiger partial charge is 0.494 e. The summed E-state index contributed by atoms with van der Waals surface area (Å²) in [4.78, 5) is 0. The molecule has 2 heteroatoms. The van der Waals surface area contributed by atoms with Gasteiger partial charge < -0.3 is 10.1 Å². The summed E-state index contributed by atoms with van der Waals surface area (Å²) in [6, 6.07) is 8.55. The molecule has 0 radical (unpaired) electrons. The highest BCUT2D eigenvalue weighted by Gasteiger charge is 2.14.